The zero-order chi connectivity index (χ0) is 14.1. The molecule has 0 saturated heterocycles. The van der Waals surface area contributed by atoms with Crippen LogP contribution in [0.25, 0.3) is 6.08 Å². The molecule has 0 spiro atoms. The van der Waals surface area contributed by atoms with Crippen LogP contribution in [0, 0.1) is 0 Å². The summed E-state index contributed by atoms with van der Waals surface area (Å²) in [7, 11) is 0. The van der Waals surface area contributed by atoms with Gasteiger partial charge < -0.3 is 5.11 Å². The Balaban J connectivity index is 2.00. The largest absolute Gasteiger partial charge is 0.508 e. The van der Waals surface area contributed by atoms with Crippen LogP contribution >= 0.6 is 11.6 Å². The molecule has 100 valence electrons. The third-order valence-electron chi connectivity index (χ3n) is 3.52. The predicted octanol–water partition coefficient (Wildman–Crippen LogP) is 4.26. The van der Waals surface area contributed by atoms with Gasteiger partial charge in [-0.05, 0) is 42.7 Å². The molecule has 20 heavy (non-hydrogen) atoms. The third kappa shape index (κ3) is 2.35. The third-order valence-corrected chi connectivity index (χ3v) is 3.76. The minimum absolute atomic E-state index is 0.0119. The summed E-state index contributed by atoms with van der Waals surface area (Å²) in [6.07, 6.45) is 3.19. The average Bonchev–Trinajstić information content (AvgIpc) is 2.43. The molecule has 1 aliphatic carbocycles. The first-order chi connectivity index (χ1) is 9.65. The van der Waals surface area contributed by atoms with E-state index in [2.05, 4.69) is 0 Å². The zero-order valence-corrected chi connectivity index (χ0v) is 11.5. The number of benzene rings is 2. The molecule has 2 aromatic rings. The van der Waals surface area contributed by atoms with Crippen molar-refractivity contribution < 1.29 is 9.90 Å². The number of phenols is 1. The van der Waals surface area contributed by atoms with Gasteiger partial charge in [-0.1, -0.05) is 35.9 Å². The Kier molecular flexibility index (Phi) is 3.33. The first-order valence-electron chi connectivity index (χ1n) is 6.47. The SMILES string of the molecule is O=C1/C(=C/c2cccc(Cl)c2)CCc2c(O)cccc21. The van der Waals surface area contributed by atoms with Gasteiger partial charge in [-0.2, -0.15) is 0 Å². The molecular weight excluding hydrogens is 272 g/mol. The van der Waals surface area contributed by atoms with Crippen molar-refractivity contribution in [3.63, 3.8) is 0 Å². The molecule has 3 heteroatoms. The second kappa shape index (κ2) is 5.14. The second-order valence-electron chi connectivity index (χ2n) is 4.86. The molecule has 3 rings (SSSR count). The number of fused-ring (bicyclic) bond motifs is 1. The highest BCUT2D eigenvalue weighted by Gasteiger charge is 2.23. The summed E-state index contributed by atoms with van der Waals surface area (Å²) < 4.78 is 0. The highest BCUT2D eigenvalue weighted by molar-refractivity contribution is 6.30. The Morgan fingerprint density at radius 1 is 1.10 bits per heavy atom. The molecule has 2 nitrogen and oxygen atoms in total. The second-order valence-corrected chi connectivity index (χ2v) is 5.29. The number of rotatable bonds is 1. The number of Topliss-reactive ketones (excluding diaryl/α,β-unsaturated/α-hetero) is 1. The molecule has 0 unspecified atom stereocenters. The quantitative estimate of drug-likeness (QED) is 0.795. The van der Waals surface area contributed by atoms with Gasteiger partial charge in [0, 0.05) is 21.7 Å². The molecule has 0 saturated carbocycles. The van der Waals surface area contributed by atoms with Crippen molar-refractivity contribution in [2.45, 2.75) is 12.8 Å². The van der Waals surface area contributed by atoms with E-state index in [9.17, 15) is 9.90 Å². The summed E-state index contributed by atoms with van der Waals surface area (Å²) in [4.78, 5) is 12.4. The fourth-order valence-electron chi connectivity index (χ4n) is 2.53. The Hall–Kier alpha value is -2.06. The molecule has 1 N–H and O–H groups in total. The first-order valence-corrected chi connectivity index (χ1v) is 6.84. The van der Waals surface area contributed by atoms with Crippen molar-refractivity contribution in [1.29, 1.82) is 0 Å². The van der Waals surface area contributed by atoms with Crippen LogP contribution in [0.4, 0.5) is 0 Å². The van der Waals surface area contributed by atoms with Crippen molar-refractivity contribution in [1.82, 2.24) is 0 Å². The number of hydrogen-bond donors (Lipinski definition) is 1. The maximum Gasteiger partial charge on any atom is 0.189 e. The average molecular weight is 285 g/mol. The summed E-state index contributed by atoms with van der Waals surface area (Å²) in [5, 5.41) is 10.5. The van der Waals surface area contributed by atoms with E-state index in [0.717, 1.165) is 16.7 Å². The first kappa shape index (κ1) is 12.9. The predicted molar refractivity (Wildman–Crippen MR) is 80.2 cm³/mol. The Bertz CT molecular complexity index is 717. The molecule has 0 bridgehead atoms. The number of allylic oxidation sites excluding steroid dienone is 1. The summed E-state index contributed by atoms with van der Waals surface area (Å²) in [5.74, 6) is 0.194. The monoisotopic (exact) mass is 284 g/mol. The van der Waals surface area contributed by atoms with Gasteiger partial charge in [0.25, 0.3) is 0 Å². The molecule has 1 aliphatic rings. The molecule has 0 fully saturated rings. The van der Waals surface area contributed by atoms with Crippen molar-refractivity contribution >= 4 is 23.5 Å². The lowest BCUT2D eigenvalue weighted by atomic mass is 9.85. The van der Waals surface area contributed by atoms with E-state index < -0.39 is 0 Å². The minimum Gasteiger partial charge on any atom is -0.508 e. The van der Waals surface area contributed by atoms with Crippen LogP contribution in [0.5, 0.6) is 5.75 Å². The lowest BCUT2D eigenvalue weighted by Gasteiger charge is -2.18. The summed E-state index contributed by atoms with van der Waals surface area (Å²) in [6, 6.07) is 12.5. The molecule has 0 aliphatic heterocycles. The van der Waals surface area contributed by atoms with Crippen LogP contribution in [0.1, 0.15) is 27.9 Å². The highest BCUT2D eigenvalue weighted by Crippen LogP contribution is 2.32. The zero-order valence-electron chi connectivity index (χ0n) is 10.8. The number of phenolic OH excluding ortho intramolecular Hbond substituents is 1. The van der Waals surface area contributed by atoms with E-state index >= 15 is 0 Å². The molecule has 0 heterocycles. The Morgan fingerprint density at radius 3 is 2.70 bits per heavy atom. The summed E-state index contributed by atoms with van der Waals surface area (Å²) in [5.41, 5.74) is 3.03. The molecule has 2 aromatic carbocycles. The maximum absolute atomic E-state index is 12.4. The van der Waals surface area contributed by atoms with E-state index in [1.54, 1.807) is 24.3 Å². The van der Waals surface area contributed by atoms with Gasteiger partial charge in [0.2, 0.25) is 0 Å². The van der Waals surface area contributed by atoms with E-state index in [4.69, 9.17) is 11.6 Å². The molecule has 0 radical (unpaired) electrons. The number of carbonyl (C=O) groups excluding carboxylic acids is 1. The van der Waals surface area contributed by atoms with Crippen LogP contribution in [0.2, 0.25) is 5.02 Å². The van der Waals surface area contributed by atoms with Crippen LogP contribution in [0.15, 0.2) is 48.0 Å². The Morgan fingerprint density at radius 2 is 1.90 bits per heavy atom. The molecule has 0 aromatic heterocycles. The molecular formula is C17H13ClO2. The fraction of sp³-hybridized carbons (Fsp3) is 0.118. The van der Waals surface area contributed by atoms with E-state index in [1.165, 1.54) is 0 Å². The number of carbonyl (C=O) groups is 1. The van der Waals surface area contributed by atoms with E-state index in [0.29, 0.717) is 23.4 Å². The topological polar surface area (TPSA) is 37.3 Å². The van der Waals surface area contributed by atoms with Gasteiger partial charge >= 0.3 is 0 Å². The van der Waals surface area contributed by atoms with Gasteiger partial charge in [0.1, 0.15) is 5.75 Å². The Labute approximate surface area is 122 Å². The number of ketones is 1. The van der Waals surface area contributed by atoms with E-state index in [1.807, 2.05) is 24.3 Å². The van der Waals surface area contributed by atoms with Crippen molar-refractivity contribution in [2.75, 3.05) is 0 Å². The van der Waals surface area contributed by atoms with Crippen molar-refractivity contribution in [2.24, 2.45) is 0 Å². The van der Waals surface area contributed by atoms with Gasteiger partial charge in [0.05, 0.1) is 0 Å². The number of halogens is 1. The summed E-state index contributed by atoms with van der Waals surface area (Å²) >= 11 is 5.95. The standard InChI is InChI=1S/C17H13ClO2/c18-13-4-1-3-11(10-13)9-12-7-8-14-15(17(12)20)5-2-6-16(14)19/h1-6,9-10,19H,7-8H2/b12-9+. The maximum atomic E-state index is 12.4. The van der Waals surface area contributed by atoms with Crippen molar-refractivity contribution in [3.05, 3.63) is 69.8 Å². The summed E-state index contributed by atoms with van der Waals surface area (Å²) in [6.45, 7) is 0. The molecule has 0 amide bonds. The normalized spacial score (nSPS) is 16.2. The van der Waals surface area contributed by atoms with Gasteiger partial charge in [-0.15, -0.1) is 0 Å². The van der Waals surface area contributed by atoms with E-state index in [-0.39, 0.29) is 11.5 Å². The van der Waals surface area contributed by atoms with Crippen molar-refractivity contribution in [3.8, 4) is 5.75 Å². The highest BCUT2D eigenvalue weighted by atomic mass is 35.5. The van der Waals surface area contributed by atoms with Gasteiger partial charge in [-0.25, -0.2) is 0 Å². The lowest BCUT2D eigenvalue weighted by molar-refractivity contribution is 0.102. The number of hydrogen-bond acceptors (Lipinski definition) is 2. The van der Waals surface area contributed by atoms with Crippen LogP contribution in [0.3, 0.4) is 0 Å². The smallest absolute Gasteiger partial charge is 0.189 e. The van der Waals surface area contributed by atoms with Crippen LogP contribution in [-0.4, -0.2) is 10.9 Å². The van der Waals surface area contributed by atoms with Gasteiger partial charge in [0.15, 0.2) is 5.78 Å². The minimum atomic E-state index is -0.0119. The number of aromatic hydroxyl groups is 1. The molecule has 0 atom stereocenters. The van der Waals surface area contributed by atoms with Gasteiger partial charge in [-0.3, -0.25) is 4.79 Å². The van der Waals surface area contributed by atoms with Crippen LogP contribution < -0.4 is 0 Å². The van der Waals surface area contributed by atoms with Crippen LogP contribution in [-0.2, 0) is 6.42 Å². The lowest BCUT2D eigenvalue weighted by Crippen LogP contribution is -2.14. The fourth-order valence-corrected chi connectivity index (χ4v) is 2.73.